The average molecular weight is 261 g/mol. The van der Waals surface area contributed by atoms with Crippen LogP contribution in [0.5, 0.6) is 5.75 Å². The maximum absolute atomic E-state index is 10.6. The quantitative estimate of drug-likeness (QED) is 0.843. The number of benzene rings is 1. The number of likely N-dealkylation sites (tertiary alicyclic amines) is 1. The summed E-state index contributed by atoms with van der Waals surface area (Å²) in [7, 11) is 0. The Morgan fingerprint density at radius 1 is 1.16 bits per heavy atom. The van der Waals surface area contributed by atoms with Gasteiger partial charge in [0.25, 0.3) is 0 Å². The standard InChI is InChI=1S/C16H23NO2/c1-11-7-12(2)9-17(8-11)14-10-19-15-6-4-3-5-13(15)16(14)18/h3-6,11-12,14,16,18H,7-10H2,1-2H3. The Bertz CT molecular complexity index is 438. The van der Waals surface area contributed by atoms with Crippen molar-refractivity contribution in [2.75, 3.05) is 19.7 Å². The van der Waals surface area contributed by atoms with Crippen molar-refractivity contribution >= 4 is 0 Å². The highest BCUT2D eigenvalue weighted by Gasteiger charge is 2.36. The molecule has 0 saturated carbocycles. The van der Waals surface area contributed by atoms with E-state index in [1.165, 1.54) is 6.42 Å². The fourth-order valence-corrected chi connectivity index (χ4v) is 3.62. The molecular formula is C16H23NO2. The van der Waals surface area contributed by atoms with Crippen LogP contribution in [0.25, 0.3) is 0 Å². The Kier molecular flexibility index (Phi) is 3.50. The summed E-state index contributed by atoms with van der Waals surface area (Å²) >= 11 is 0. The summed E-state index contributed by atoms with van der Waals surface area (Å²) in [5, 5.41) is 10.6. The molecule has 104 valence electrons. The van der Waals surface area contributed by atoms with Gasteiger partial charge in [0.1, 0.15) is 18.5 Å². The molecule has 0 aliphatic carbocycles. The molecule has 2 heterocycles. The average Bonchev–Trinajstić information content (AvgIpc) is 2.38. The molecule has 0 spiro atoms. The number of hydrogen-bond acceptors (Lipinski definition) is 3. The van der Waals surface area contributed by atoms with Crippen LogP contribution in [0.2, 0.25) is 0 Å². The molecule has 1 aromatic carbocycles. The van der Waals surface area contributed by atoms with Crippen LogP contribution >= 0.6 is 0 Å². The highest BCUT2D eigenvalue weighted by molar-refractivity contribution is 5.37. The highest BCUT2D eigenvalue weighted by Crippen LogP contribution is 2.35. The largest absolute Gasteiger partial charge is 0.491 e. The molecule has 0 aromatic heterocycles. The van der Waals surface area contributed by atoms with Gasteiger partial charge in [-0.1, -0.05) is 32.0 Å². The minimum absolute atomic E-state index is 0.0973. The van der Waals surface area contributed by atoms with Gasteiger partial charge in [-0.2, -0.15) is 0 Å². The van der Waals surface area contributed by atoms with Crippen molar-refractivity contribution in [3.05, 3.63) is 29.8 Å². The molecule has 1 saturated heterocycles. The summed E-state index contributed by atoms with van der Waals surface area (Å²) in [5.41, 5.74) is 0.935. The van der Waals surface area contributed by atoms with E-state index in [2.05, 4.69) is 18.7 Å². The zero-order valence-corrected chi connectivity index (χ0v) is 11.7. The van der Waals surface area contributed by atoms with Gasteiger partial charge in [0.15, 0.2) is 0 Å². The van der Waals surface area contributed by atoms with Gasteiger partial charge in [0.05, 0.1) is 6.04 Å². The molecule has 0 radical (unpaired) electrons. The van der Waals surface area contributed by atoms with Crippen molar-refractivity contribution in [2.45, 2.75) is 32.4 Å². The molecule has 19 heavy (non-hydrogen) atoms. The van der Waals surface area contributed by atoms with Gasteiger partial charge >= 0.3 is 0 Å². The van der Waals surface area contributed by atoms with Crippen LogP contribution in [0.15, 0.2) is 24.3 Å². The Labute approximate surface area is 115 Å². The van der Waals surface area contributed by atoms with Gasteiger partial charge in [0, 0.05) is 18.7 Å². The third-order valence-corrected chi connectivity index (χ3v) is 4.38. The number of nitrogens with zero attached hydrogens (tertiary/aromatic N) is 1. The van der Waals surface area contributed by atoms with Crippen molar-refractivity contribution < 1.29 is 9.84 Å². The summed E-state index contributed by atoms with van der Waals surface area (Å²) in [5.74, 6) is 2.24. The van der Waals surface area contributed by atoms with E-state index in [9.17, 15) is 5.11 Å². The summed E-state index contributed by atoms with van der Waals surface area (Å²) in [6, 6.07) is 7.94. The second-order valence-electron chi connectivity index (χ2n) is 6.26. The van der Waals surface area contributed by atoms with Crippen LogP contribution < -0.4 is 4.74 Å². The number of rotatable bonds is 1. The topological polar surface area (TPSA) is 32.7 Å². The van der Waals surface area contributed by atoms with Crippen LogP contribution in [0.3, 0.4) is 0 Å². The van der Waals surface area contributed by atoms with E-state index in [0.717, 1.165) is 24.4 Å². The summed E-state index contributed by atoms with van der Waals surface area (Å²) in [6.07, 6.45) is 0.860. The summed E-state index contributed by atoms with van der Waals surface area (Å²) in [6.45, 7) is 7.33. The first-order chi connectivity index (χ1) is 9.15. The predicted octanol–water partition coefficient (Wildman–Crippen LogP) is 2.46. The Hall–Kier alpha value is -1.06. The van der Waals surface area contributed by atoms with Gasteiger partial charge in [-0.05, 0) is 24.3 Å². The first-order valence-corrected chi connectivity index (χ1v) is 7.29. The van der Waals surface area contributed by atoms with Crippen molar-refractivity contribution in [1.82, 2.24) is 4.90 Å². The Morgan fingerprint density at radius 2 is 1.84 bits per heavy atom. The number of para-hydroxylation sites is 1. The van der Waals surface area contributed by atoms with Gasteiger partial charge < -0.3 is 9.84 Å². The zero-order valence-electron chi connectivity index (χ0n) is 11.7. The van der Waals surface area contributed by atoms with Gasteiger partial charge in [-0.15, -0.1) is 0 Å². The fourth-order valence-electron chi connectivity index (χ4n) is 3.62. The molecule has 3 rings (SSSR count). The van der Waals surface area contributed by atoms with Crippen LogP contribution in [0.4, 0.5) is 0 Å². The fraction of sp³-hybridized carbons (Fsp3) is 0.625. The minimum Gasteiger partial charge on any atom is -0.491 e. The van der Waals surface area contributed by atoms with Crippen molar-refractivity contribution in [3.8, 4) is 5.75 Å². The molecule has 1 fully saturated rings. The number of ether oxygens (including phenoxy) is 1. The lowest BCUT2D eigenvalue weighted by atomic mass is 9.88. The molecule has 2 aliphatic heterocycles. The Balaban J connectivity index is 1.80. The van der Waals surface area contributed by atoms with E-state index in [1.54, 1.807) is 0 Å². The van der Waals surface area contributed by atoms with E-state index >= 15 is 0 Å². The van der Waals surface area contributed by atoms with E-state index in [0.29, 0.717) is 18.4 Å². The molecule has 1 N–H and O–H groups in total. The second kappa shape index (κ2) is 5.14. The van der Waals surface area contributed by atoms with E-state index < -0.39 is 6.10 Å². The number of hydrogen-bond donors (Lipinski definition) is 1. The lowest BCUT2D eigenvalue weighted by Gasteiger charge is -2.43. The monoisotopic (exact) mass is 261 g/mol. The van der Waals surface area contributed by atoms with Crippen LogP contribution in [0, 0.1) is 11.8 Å². The molecule has 0 amide bonds. The molecule has 0 bridgehead atoms. The van der Waals surface area contributed by atoms with Crippen molar-refractivity contribution in [3.63, 3.8) is 0 Å². The van der Waals surface area contributed by atoms with E-state index in [1.807, 2.05) is 24.3 Å². The predicted molar refractivity (Wildman–Crippen MR) is 75.2 cm³/mol. The Morgan fingerprint density at radius 3 is 2.58 bits per heavy atom. The van der Waals surface area contributed by atoms with Crippen LogP contribution in [-0.4, -0.2) is 35.7 Å². The lowest BCUT2D eigenvalue weighted by molar-refractivity contribution is -0.0226. The maximum Gasteiger partial charge on any atom is 0.125 e. The first kappa shape index (κ1) is 12.9. The molecule has 1 aromatic rings. The summed E-state index contributed by atoms with van der Waals surface area (Å²) < 4.78 is 5.83. The number of aliphatic hydroxyl groups excluding tert-OH is 1. The molecule has 3 heteroatoms. The normalized spacial score (nSPS) is 35.5. The van der Waals surface area contributed by atoms with Gasteiger partial charge in [-0.25, -0.2) is 0 Å². The molecular weight excluding hydrogens is 238 g/mol. The third-order valence-electron chi connectivity index (χ3n) is 4.38. The van der Waals surface area contributed by atoms with E-state index in [4.69, 9.17) is 4.74 Å². The summed E-state index contributed by atoms with van der Waals surface area (Å²) in [4.78, 5) is 2.42. The second-order valence-corrected chi connectivity index (χ2v) is 6.26. The van der Waals surface area contributed by atoms with Crippen LogP contribution in [0.1, 0.15) is 31.9 Å². The van der Waals surface area contributed by atoms with Crippen LogP contribution in [-0.2, 0) is 0 Å². The highest BCUT2D eigenvalue weighted by atomic mass is 16.5. The van der Waals surface area contributed by atoms with Gasteiger partial charge in [0.2, 0.25) is 0 Å². The molecule has 3 nitrogen and oxygen atoms in total. The smallest absolute Gasteiger partial charge is 0.125 e. The lowest BCUT2D eigenvalue weighted by Crippen LogP contribution is -2.51. The SMILES string of the molecule is CC1CC(C)CN(C2COc3ccccc3C2O)C1. The maximum atomic E-state index is 10.6. The number of aliphatic hydroxyl groups is 1. The van der Waals surface area contributed by atoms with Gasteiger partial charge in [-0.3, -0.25) is 4.90 Å². The molecule has 4 atom stereocenters. The number of fused-ring (bicyclic) bond motifs is 1. The molecule has 4 unspecified atom stereocenters. The zero-order chi connectivity index (χ0) is 13.4. The van der Waals surface area contributed by atoms with Crippen molar-refractivity contribution in [2.24, 2.45) is 11.8 Å². The first-order valence-electron chi connectivity index (χ1n) is 7.29. The van der Waals surface area contributed by atoms with Crippen molar-refractivity contribution in [1.29, 1.82) is 0 Å². The third kappa shape index (κ3) is 2.49. The van der Waals surface area contributed by atoms with E-state index in [-0.39, 0.29) is 6.04 Å². The minimum atomic E-state index is -0.428. The molecule has 2 aliphatic rings. The number of piperidine rings is 1.